The molecule has 2 aliphatic carbocycles. The summed E-state index contributed by atoms with van der Waals surface area (Å²) in [5.41, 5.74) is 0. The van der Waals surface area contributed by atoms with Gasteiger partial charge in [-0.3, -0.25) is 9.59 Å². The van der Waals surface area contributed by atoms with Gasteiger partial charge in [-0.15, -0.1) is 0 Å². The average molecular weight is 252 g/mol. The zero-order chi connectivity index (χ0) is 12.7. The van der Waals surface area contributed by atoms with E-state index in [4.69, 9.17) is 4.74 Å². The lowest BCUT2D eigenvalue weighted by Gasteiger charge is -2.42. The van der Waals surface area contributed by atoms with Gasteiger partial charge in [0.15, 0.2) is 0 Å². The van der Waals surface area contributed by atoms with Gasteiger partial charge in [0.05, 0.1) is 6.10 Å². The first-order valence-corrected chi connectivity index (χ1v) is 6.81. The molecule has 1 saturated heterocycles. The smallest absolute Gasteiger partial charge is 0.245 e. The standard InChI is InChI=1S/C13H20N2O3/c1-18-10-6-9(7-10)15-5-4-11(16)14-12(13(15)17)8-2-3-8/h8-10,12H,2-7H2,1H3,(H,14,16). The number of rotatable bonds is 3. The Morgan fingerprint density at radius 1 is 1.28 bits per heavy atom. The van der Waals surface area contributed by atoms with Crippen molar-refractivity contribution in [3.8, 4) is 0 Å². The normalized spacial score (nSPS) is 36.9. The first-order chi connectivity index (χ1) is 8.69. The fourth-order valence-electron chi connectivity index (χ4n) is 2.91. The SMILES string of the molecule is COC1CC(N2CCC(=O)NC(C3CC3)C2=O)C1. The van der Waals surface area contributed by atoms with Gasteiger partial charge in [-0.2, -0.15) is 0 Å². The maximum Gasteiger partial charge on any atom is 0.245 e. The highest BCUT2D eigenvalue weighted by atomic mass is 16.5. The van der Waals surface area contributed by atoms with Crippen molar-refractivity contribution in [1.82, 2.24) is 10.2 Å². The monoisotopic (exact) mass is 252 g/mol. The summed E-state index contributed by atoms with van der Waals surface area (Å²) < 4.78 is 5.26. The third-order valence-corrected chi connectivity index (χ3v) is 4.38. The van der Waals surface area contributed by atoms with E-state index in [2.05, 4.69) is 5.32 Å². The molecule has 2 saturated carbocycles. The molecule has 18 heavy (non-hydrogen) atoms. The predicted octanol–water partition coefficient (Wildman–Crippen LogP) is 0.291. The van der Waals surface area contributed by atoms with Crippen molar-refractivity contribution in [2.24, 2.45) is 5.92 Å². The van der Waals surface area contributed by atoms with Crippen LogP contribution < -0.4 is 5.32 Å². The molecule has 0 bridgehead atoms. The third-order valence-electron chi connectivity index (χ3n) is 4.38. The largest absolute Gasteiger partial charge is 0.381 e. The second kappa shape index (κ2) is 4.53. The number of nitrogens with zero attached hydrogens (tertiary/aromatic N) is 1. The van der Waals surface area contributed by atoms with Crippen molar-refractivity contribution in [1.29, 1.82) is 0 Å². The number of hydrogen-bond donors (Lipinski definition) is 1. The lowest BCUT2D eigenvalue weighted by atomic mass is 9.87. The van der Waals surface area contributed by atoms with Crippen molar-refractivity contribution >= 4 is 11.8 Å². The Labute approximate surface area is 107 Å². The molecule has 1 heterocycles. The van der Waals surface area contributed by atoms with E-state index < -0.39 is 0 Å². The Balaban J connectivity index is 1.69. The van der Waals surface area contributed by atoms with E-state index in [0.717, 1.165) is 25.7 Å². The molecule has 2 amide bonds. The second-order valence-electron chi connectivity index (χ2n) is 5.65. The number of amides is 2. The van der Waals surface area contributed by atoms with Gasteiger partial charge >= 0.3 is 0 Å². The quantitative estimate of drug-likeness (QED) is 0.785. The molecule has 1 aliphatic heterocycles. The number of methoxy groups -OCH3 is 1. The Morgan fingerprint density at radius 3 is 2.61 bits per heavy atom. The molecule has 100 valence electrons. The first kappa shape index (κ1) is 12.0. The predicted molar refractivity (Wildman–Crippen MR) is 64.8 cm³/mol. The van der Waals surface area contributed by atoms with Crippen molar-refractivity contribution in [2.75, 3.05) is 13.7 Å². The zero-order valence-electron chi connectivity index (χ0n) is 10.7. The van der Waals surface area contributed by atoms with Gasteiger partial charge in [-0.1, -0.05) is 0 Å². The summed E-state index contributed by atoms with van der Waals surface area (Å²) in [6.45, 7) is 0.564. The third kappa shape index (κ3) is 2.11. The minimum atomic E-state index is -0.262. The molecule has 0 aromatic carbocycles. The van der Waals surface area contributed by atoms with Crippen molar-refractivity contribution in [3.05, 3.63) is 0 Å². The van der Waals surface area contributed by atoms with Crippen molar-refractivity contribution < 1.29 is 14.3 Å². The van der Waals surface area contributed by atoms with Gasteiger partial charge in [0.2, 0.25) is 11.8 Å². The molecule has 1 unspecified atom stereocenters. The fourth-order valence-corrected chi connectivity index (χ4v) is 2.91. The maximum absolute atomic E-state index is 12.5. The molecule has 0 aromatic rings. The molecule has 1 N–H and O–H groups in total. The lowest BCUT2D eigenvalue weighted by Crippen LogP contribution is -2.54. The zero-order valence-corrected chi connectivity index (χ0v) is 10.7. The van der Waals surface area contributed by atoms with Gasteiger partial charge in [-0.25, -0.2) is 0 Å². The summed E-state index contributed by atoms with van der Waals surface area (Å²) in [5.74, 6) is 0.522. The Morgan fingerprint density at radius 2 is 2.00 bits per heavy atom. The molecule has 1 atom stereocenters. The summed E-state index contributed by atoms with van der Waals surface area (Å²) in [5, 5.41) is 2.89. The van der Waals surface area contributed by atoms with E-state index in [1.165, 1.54) is 0 Å². The van der Waals surface area contributed by atoms with E-state index in [-0.39, 0.29) is 30.0 Å². The maximum atomic E-state index is 12.5. The van der Waals surface area contributed by atoms with E-state index >= 15 is 0 Å². The molecular formula is C13H20N2O3. The molecular weight excluding hydrogens is 232 g/mol. The number of carbonyl (C=O) groups excluding carboxylic acids is 2. The highest BCUT2D eigenvalue weighted by molar-refractivity contribution is 5.90. The van der Waals surface area contributed by atoms with Crippen LogP contribution in [0.15, 0.2) is 0 Å². The van der Waals surface area contributed by atoms with Crippen LogP contribution in [0.3, 0.4) is 0 Å². The first-order valence-electron chi connectivity index (χ1n) is 6.81. The molecule has 5 nitrogen and oxygen atoms in total. The van der Waals surface area contributed by atoms with Crippen LogP contribution in [0.4, 0.5) is 0 Å². The van der Waals surface area contributed by atoms with Crippen LogP contribution in [-0.2, 0) is 14.3 Å². The summed E-state index contributed by atoms with van der Waals surface area (Å²) in [4.78, 5) is 26.0. The van der Waals surface area contributed by atoms with E-state index in [1.807, 2.05) is 4.90 Å². The second-order valence-corrected chi connectivity index (χ2v) is 5.65. The minimum Gasteiger partial charge on any atom is -0.381 e. The summed E-state index contributed by atoms with van der Waals surface area (Å²) in [6, 6.07) is 0.0120. The fraction of sp³-hybridized carbons (Fsp3) is 0.846. The Hall–Kier alpha value is -1.10. The van der Waals surface area contributed by atoms with E-state index in [0.29, 0.717) is 18.9 Å². The van der Waals surface area contributed by atoms with Gasteiger partial charge < -0.3 is 15.0 Å². The highest BCUT2D eigenvalue weighted by Gasteiger charge is 2.45. The number of ether oxygens (including phenoxy) is 1. The van der Waals surface area contributed by atoms with Crippen LogP contribution in [0.25, 0.3) is 0 Å². The van der Waals surface area contributed by atoms with E-state index in [1.54, 1.807) is 7.11 Å². The molecule has 3 fully saturated rings. The van der Waals surface area contributed by atoms with Crippen LogP contribution in [0.5, 0.6) is 0 Å². The molecule has 3 rings (SSSR count). The molecule has 5 heteroatoms. The topological polar surface area (TPSA) is 58.6 Å². The Bertz CT molecular complexity index is 361. The van der Waals surface area contributed by atoms with E-state index in [9.17, 15) is 9.59 Å². The lowest BCUT2D eigenvalue weighted by molar-refractivity contribution is -0.140. The van der Waals surface area contributed by atoms with Crippen LogP contribution >= 0.6 is 0 Å². The number of nitrogens with one attached hydrogen (secondary N) is 1. The number of hydrogen-bond acceptors (Lipinski definition) is 3. The average Bonchev–Trinajstić information content (AvgIpc) is 3.10. The summed E-state index contributed by atoms with van der Waals surface area (Å²) >= 11 is 0. The highest BCUT2D eigenvalue weighted by Crippen LogP contribution is 2.36. The Kier molecular flexibility index (Phi) is 3.01. The minimum absolute atomic E-state index is 0.0189. The van der Waals surface area contributed by atoms with Crippen LogP contribution in [0, 0.1) is 5.92 Å². The van der Waals surface area contributed by atoms with Gasteiger partial charge in [0.25, 0.3) is 0 Å². The van der Waals surface area contributed by atoms with Crippen molar-refractivity contribution in [3.63, 3.8) is 0 Å². The van der Waals surface area contributed by atoms with Gasteiger partial charge in [0.1, 0.15) is 6.04 Å². The van der Waals surface area contributed by atoms with Crippen LogP contribution in [0.2, 0.25) is 0 Å². The van der Waals surface area contributed by atoms with Crippen LogP contribution in [0.1, 0.15) is 32.1 Å². The summed E-state index contributed by atoms with van der Waals surface area (Å²) in [6.07, 6.45) is 4.67. The summed E-state index contributed by atoms with van der Waals surface area (Å²) in [7, 11) is 1.71. The van der Waals surface area contributed by atoms with Crippen molar-refractivity contribution in [2.45, 2.75) is 50.3 Å². The molecule has 0 radical (unpaired) electrons. The molecule has 0 aromatic heterocycles. The molecule has 0 spiro atoms. The van der Waals surface area contributed by atoms with Gasteiger partial charge in [-0.05, 0) is 31.6 Å². The number of carbonyl (C=O) groups is 2. The van der Waals surface area contributed by atoms with Crippen LogP contribution in [-0.4, -0.2) is 48.6 Å². The molecule has 3 aliphatic rings. The van der Waals surface area contributed by atoms with Gasteiger partial charge in [0, 0.05) is 26.1 Å².